The van der Waals surface area contributed by atoms with Gasteiger partial charge in [0.2, 0.25) is 0 Å². The molecule has 0 aromatic heterocycles. The summed E-state index contributed by atoms with van der Waals surface area (Å²) in [6.07, 6.45) is -0.130. The second-order valence-electron chi connectivity index (χ2n) is 6.12. The van der Waals surface area contributed by atoms with Crippen LogP contribution in [-0.2, 0) is 4.79 Å². The number of nitrogens with one attached hydrogen (secondary N) is 1. The Balaban J connectivity index is 1.84. The van der Waals surface area contributed by atoms with Crippen LogP contribution in [-0.4, -0.2) is 24.3 Å². The lowest BCUT2D eigenvalue weighted by Crippen LogP contribution is -2.38. The summed E-state index contributed by atoms with van der Waals surface area (Å²) in [5, 5.41) is 2.92. The number of ketones is 1. The van der Waals surface area contributed by atoms with Crippen molar-refractivity contribution in [2.24, 2.45) is 0 Å². The summed E-state index contributed by atoms with van der Waals surface area (Å²) >= 11 is 0. The largest absolute Gasteiger partial charge is 0.481 e. The molecule has 0 bridgehead atoms. The van der Waals surface area contributed by atoms with Gasteiger partial charge in [0.1, 0.15) is 5.75 Å². The molecule has 0 unspecified atom stereocenters. The molecule has 4 heteroatoms. The van der Waals surface area contributed by atoms with Gasteiger partial charge in [0.05, 0.1) is 0 Å². The monoisotopic (exact) mass is 339 g/mol. The summed E-state index contributed by atoms with van der Waals surface area (Å²) in [6.45, 7) is 6.17. The Hall–Kier alpha value is -2.62. The molecule has 4 nitrogen and oxygen atoms in total. The highest BCUT2D eigenvalue weighted by Gasteiger charge is 2.16. The molecule has 0 fully saturated rings. The second-order valence-corrected chi connectivity index (χ2v) is 6.12. The fourth-order valence-corrected chi connectivity index (χ4v) is 2.48. The predicted molar refractivity (Wildman–Crippen MR) is 99.0 cm³/mol. The highest BCUT2D eigenvalue weighted by molar-refractivity contribution is 5.95. The van der Waals surface area contributed by atoms with Crippen molar-refractivity contribution in [3.05, 3.63) is 65.7 Å². The molecule has 2 rings (SSSR count). The van der Waals surface area contributed by atoms with Crippen LogP contribution in [0.25, 0.3) is 0 Å². The van der Waals surface area contributed by atoms with E-state index in [4.69, 9.17) is 4.74 Å². The number of carbonyl (C=O) groups excluding carboxylic acids is 2. The van der Waals surface area contributed by atoms with Gasteiger partial charge >= 0.3 is 0 Å². The molecule has 0 aliphatic carbocycles. The third-order valence-corrected chi connectivity index (χ3v) is 4.13. The second kappa shape index (κ2) is 9.02. The van der Waals surface area contributed by atoms with Crippen LogP contribution >= 0.6 is 0 Å². The molecule has 1 N–H and O–H groups in total. The van der Waals surface area contributed by atoms with Gasteiger partial charge in [-0.05, 0) is 42.7 Å². The van der Waals surface area contributed by atoms with Gasteiger partial charge in [-0.2, -0.15) is 0 Å². The first-order valence-corrected chi connectivity index (χ1v) is 8.63. The maximum Gasteiger partial charge on any atom is 0.260 e. The first-order chi connectivity index (χ1) is 12.0. The number of benzene rings is 2. The molecule has 0 heterocycles. The van der Waals surface area contributed by atoms with E-state index in [1.54, 1.807) is 31.2 Å². The normalized spacial score (nSPS) is 12.9. The summed E-state index contributed by atoms with van der Waals surface area (Å²) in [5.41, 5.74) is 1.84. The fraction of sp³-hybridized carbons (Fsp3) is 0.333. The summed E-state index contributed by atoms with van der Waals surface area (Å²) in [5.74, 6) is 0.742. The maximum absolute atomic E-state index is 12.2. The van der Waals surface area contributed by atoms with Crippen LogP contribution in [0.3, 0.4) is 0 Å². The summed E-state index contributed by atoms with van der Waals surface area (Å²) in [7, 11) is 0. The van der Waals surface area contributed by atoms with E-state index in [9.17, 15) is 9.59 Å². The fourth-order valence-electron chi connectivity index (χ4n) is 2.48. The van der Waals surface area contributed by atoms with E-state index in [1.165, 1.54) is 5.56 Å². The molecular weight excluding hydrogens is 314 g/mol. The summed E-state index contributed by atoms with van der Waals surface area (Å²) < 4.78 is 5.66. The molecule has 0 spiro atoms. The number of rotatable bonds is 8. The Kier molecular flexibility index (Phi) is 6.75. The number of Topliss-reactive ketones (excluding diaryl/α,β-unsaturated/α-hetero) is 1. The lowest BCUT2D eigenvalue weighted by Gasteiger charge is -2.17. The van der Waals surface area contributed by atoms with Gasteiger partial charge < -0.3 is 10.1 Å². The standard InChI is InChI=1S/C21H25NO3/c1-4-20(23)18-10-12-19(13-11-18)25-16(3)21(24)22-14-15(2)17-8-6-5-7-9-17/h5-13,15-16H,4,14H2,1-3H3,(H,22,24)/t15-,16-/m0/s1. The minimum Gasteiger partial charge on any atom is -0.481 e. The number of ether oxygens (including phenoxy) is 1. The van der Waals surface area contributed by atoms with Crippen LogP contribution in [0.1, 0.15) is 49.0 Å². The molecule has 0 radical (unpaired) electrons. The maximum atomic E-state index is 12.2. The number of hydrogen-bond donors (Lipinski definition) is 1. The van der Waals surface area contributed by atoms with E-state index < -0.39 is 6.10 Å². The zero-order valence-electron chi connectivity index (χ0n) is 15.0. The van der Waals surface area contributed by atoms with Gasteiger partial charge in [-0.3, -0.25) is 9.59 Å². The highest BCUT2D eigenvalue weighted by Crippen LogP contribution is 2.16. The molecule has 2 aromatic rings. The van der Waals surface area contributed by atoms with Gasteiger partial charge in [-0.1, -0.05) is 44.2 Å². The topological polar surface area (TPSA) is 55.4 Å². The predicted octanol–water partition coefficient (Wildman–Crippen LogP) is 3.97. The van der Waals surface area contributed by atoms with E-state index >= 15 is 0 Å². The summed E-state index contributed by atoms with van der Waals surface area (Å²) in [4.78, 5) is 23.8. The van der Waals surface area contributed by atoms with Gasteiger partial charge in [0, 0.05) is 18.5 Å². The van der Waals surface area contributed by atoms with E-state index in [2.05, 4.69) is 24.4 Å². The quantitative estimate of drug-likeness (QED) is 0.741. The van der Waals surface area contributed by atoms with E-state index in [-0.39, 0.29) is 17.6 Å². The van der Waals surface area contributed by atoms with Gasteiger partial charge in [-0.25, -0.2) is 0 Å². The Morgan fingerprint density at radius 1 is 1.00 bits per heavy atom. The van der Waals surface area contributed by atoms with E-state index in [0.717, 1.165) is 0 Å². The van der Waals surface area contributed by atoms with E-state index in [0.29, 0.717) is 24.3 Å². The first kappa shape index (κ1) is 18.7. The molecule has 0 aliphatic heterocycles. The van der Waals surface area contributed by atoms with Crippen LogP contribution < -0.4 is 10.1 Å². The van der Waals surface area contributed by atoms with Crippen LogP contribution in [0.2, 0.25) is 0 Å². The lowest BCUT2D eigenvalue weighted by atomic mass is 10.0. The zero-order chi connectivity index (χ0) is 18.2. The smallest absolute Gasteiger partial charge is 0.260 e. The minimum atomic E-state index is -0.601. The average molecular weight is 339 g/mol. The van der Waals surface area contributed by atoms with Crippen molar-refractivity contribution in [2.75, 3.05) is 6.54 Å². The van der Waals surface area contributed by atoms with Crippen molar-refractivity contribution in [1.82, 2.24) is 5.32 Å². The minimum absolute atomic E-state index is 0.0900. The Morgan fingerprint density at radius 3 is 2.24 bits per heavy atom. The molecule has 2 aromatic carbocycles. The van der Waals surface area contributed by atoms with Crippen molar-refractivity contribution in [3.8, 4) is 5.75 Å². The van der Waals surface area contributed by atoms with Crippen molar-refractivity contribution >= 4 is 11.7 Å². The molecule has 0 aliphatic rings. The van der Waals surface area contributed by atoms with Crippen LogP contribution in [0.4, 0.5) is 0 Å². The van der Waals surface area contributed by atoms with E-state index in [1.807, 2.05) is 25.1 Å². The van der Waals surface area contributed by atoms with Crippen LogP contribution in [0, 0.1) is 0 Å². The van der Waals surface area contributed by atoms with Crippen molar-refractivity contribution < 1.29 is 14.3 Å². The SMILES string of the molecule is CCC(=O)c1ccc(O[C@@H](C)C(=O)NC[C@H](C)c2ccccc2)cc1. The Bertz CT molecular complexity index is 695. The molecule has 0 saturated heterocycles. The number of carbonyl (C=O) groups is 2. The van der Waals surface area contributed by atoms with Crippen molar-refractivity contribution in [3.63, 3.8) is 0 Å². The number of hydrogen-bond acceptors (Lipinski definition) is 3. The van der Waals surface area contributed by atoms with Gasteiger partial charge in [-0.15, -0.1) is 0 Å². The third kappa shape index (κ3) is 5.45. The van der Waals surface area contributed by atoms with Gasteiger partial charge in [0.15, 0.2) is 11.9 Å². The Morgan fingerprint density at radius 2 is 1.64 bits per heavy atom. The average Bonchev–Trinajstić information content (AvgIpc) is 2.66. The zero-order valence-corrected chi connectivity index (χ0v) is 15.0. The van der Waals surface area contributed by atoms with Gasteiger partial charge in [0.25, 0.3) is 5.91 Å². The van der Waals surface area contributed by atoms with Crippen LogP contribution in [0.5, 0.6) is 5.75 Å². The Labute approximate surface area is 149 Å². The lowest BCUT2D eigenvalue weighted by molar-refractivity contribution is -0.127. The molecular formula is C21H25NO3. The third-order valence-electron chi connectivity index (χ3n) is 4.13. The molecule has 25 heavy (non-hydrogen) atoms. The summed E-state index contributed by atoms with van der Waals surface area (Å²) in [6, 6.07) is 17.0. The molecule has 2 atom stereocenters. The van der Waals surface area contributed by atoms with Crippen molar-refractivity contribution in [1.29, 1.82) is 0 Å². The first-order valence-electron chi connectivity index (χ1n) is 8.63. The molecule has 0 saturated carbocycles. The number of amides is 1. The van der Waals surface area contributed by atoms with Crippen LogP contribution in [0.15, 0.2) is 54.6 Å². The highest BCUT2D eigenvalue weighted by atomic mass is 16.5. The van der Waals surface area contributed by atoms with Crippen molar-refractivity contribution in [2.45, 2.75) is 39.2 Å². The molecule has 1 amide bonds. The molecule has 132 valence electrons.